The number of amides is 1. The van der Waals surface area contributed by atoms with Crippen molar-refractivity contribution in [2.24, 2.45) is 0 Å². The van der Waals surface area contributed by atoms with Crippen LogP contribution in [0.3, 0.4) is 0 Å². The fourth-order valence-corrected chi connectivity index (χ4v) is 3.49. The fraction of sp³-hybridized carbons (Fsp3) is 0.176. The van der Waals surface area contributed by atoms with E-state index in [-0.39, 0.29) is 5.91 Å². The maximum absolute atomic E-state index is 12.0. The van der Waals surface area contributed by atoms with Gasteiger partial charge in [-0.15, -0.1) is 11.3 Å². The summed E-state index contributed by atoms with van der Waals surface area (Å²) in [5.74, 6) is 0.732. The van der Waals surface area contributed by atoms with E-state index in [2.05, 4.69) is 10.3 Å². The van der Waals surface area contributed by atoms with Gasteiger partial charge in [0.1, 0.15) is 6.54 Å². The average Bonchev–Trinajstić information content (AvgIpc) is 3.23. The Hall–Kier alpha value is -1.86. The molecule has 2 aromatic heterocycles. The minimum Gasteiger partial charge on any atom is -0.463 e. The fourth-order valence-electron chi connectivity index (χ4n) is 2.26. The number of carbonyl (C=O) groups excluding carboxylic acids is 1. The molecule has 0 saturated carbocycles. The zero-order valence-corrected chi connectivity index (χ0v) is 15.5. The minimum atomic E-state index is -0.103. The van der Waals surface area contributed by atoms with Gasteiger partial charge in [-0.1, -0.05) is 23.2 Å². The molecule has 0 fully saturated rings. The number of hydrogen-bond acceptors (Lipinski definition) is 4. The molecular formula is C17H16Cl2N3O2S+. The Balaban J connectivity index is 1.51. The van der Waals surface area contributed by atoms with Crippen molar-refractivity contribution in [1.29, 1.82) is 0 Å². The number of aromatic nitrogens is 1. The smallest absolute Gasteiger partial charge is 0.281 e. The molecule has 3 rings (SSSR count). The summed E-state index contributed by atoms with van der Waals surface area (Å²) in [5, 5.41) is 6.55. The Labute approximate surface area is 159 Å². The van der Waals surface area contributed by atoms with E-state index in [1.54, 1.807) is 24.6 Å². The normalized spacial score (nSPS) is 10.8. The second-order valence-electron chi connectivity index (χ2n) is 5.37. The first-order valence-electron chi connectivity index (χ1n) is 7.62. The summed E-state index contributed by atoms with van der Waals surface area (Å²) in [7, 11) is 0. The van der Waals surface area contributed by atoms with E-state index in [0.717, 1.165) is 16.2 Å². The summed E-state index contributed by atoms with van der Waals surface area (Å²) in [4.78, 5) is 17.2. The van der Waals surface area contributed by atoms with E-state index < -0.39 is 0 Å². The molecule has 2 heterocycles. The second kappa shape index (κ2) is 8.49. The van der Waals surface area contributed by atoms with Crippen molar-refractivity contribution >= 4 is 45.6 Å². The highest BCUT2D eigenvalue weighted by atomic mass is 35.5. The van der Waals surface area contributed by atoms with E-state index >= 15 is 0 Å². The predicted octanol–water partition coefficient (Wildman–Crippen LogP) is 3.34. The molecule has 1 aromatic carbocycles. The van der Waals surface area contributed by atoms with Crippen LogP contribution >= 0.6 is 34.5 Å². The van der Waals surface area contributed by atoms with Crippen molar-refractivity contribution in [3.63, 3.8) is 0 Å². The highest BCUT2D eigenvalue weighted by Crippen LogP contribution is 2.26. The zero-order valence-electron chi connectivity index (χ0n) is 13.2. The molecule has 1 amide bonds. The van der Waals surface area contributed by atoms with Crippen LogP contribution in [-0.2, 0) is 17.8 Å². The molecule has 0 aliphatic heterocycles. The molecule has 3 N–H and O–H groups in total. The number of halogens is 2. The summed E-state index contributed by atoms with van der Waals surface area (Å²) in [6.07, 6.45) is 3.98. The second-order valence-corrected chi connectivity index (χ2v) is 7.33. The third kappa shape index (κ3) is 5.31. The number of nitrogens with zero attached hydrogens (tertiary/aromatic N) is 1. The predicted molar refractivity (Wildman–Crippen MR) is 99.2 cm³/mol. The van der Waals surface area contributed by atoms with Crippen LogP contribution in [0.1, 0.15) is 16.2 Å². The number of carbonyl (C=O) groups is 1. The molecular weight excluding hydrogens is 381 g/mol. The molecule has 25 heavy (non-hydrogen) atoms. The highest BCUT2D eigenvalue weighted by Gasteiger charge is 2.10. The van der Waals surface area contributed by atoms with Crippen LogP contribution in [0.15, 0.2) is 47.2 Å². The van der Waals surface area contributed by atoms with Crippen molar-refractivity contribution in [3.8, 4) is 0 Å². The number of nitrogens with one attached hydrogen (secondary N) is 1. The average molecular weight is 397 g/mol. The first kappa shape index (κ1) is 17.9. The van der Waals surface area contributed by atoms with Gasteiger partial charge in [-0.05, 0) is 35.9 Å². The SMILES string of the molecule is O=C(C[NH2+]Cc1ccco1)Nc1ncc(Cc2cc(Cl)ccc2Cl)s1. The number of hydrogen-bond donors (Lipinski definition) is 2. The first-order valence-corrected chi connectivity index (χ1v) is 9.20. The van der Waals surface area contributed by atoms with Crippen molar-refractivity contribution < 1.29 is 14.5 Å². The van der Waals surface area contributed by atoms with Crippen molar-refractivity contribution in [3.05, 3.63) is 69.0 Å². The van der Waals surface area contributed by atoms with Gasteiger partial charge in [-0.2, -0.15) is 0 Å². The van der Waals surface area contributed by atoms with Crippen LogP contribution < -0.4 is 10.6 Å². The van der Waals surface area contributed by atoms with E-state index in [1.807, 2.05) is 23.5 Å². The monoisotopic (exact) mass is 396 g/mol. The molecule has 0 saturated heterocycles. The van der Waals surface area contributed by atoms with Gasteiger partial charge in [-0.3, -0.25) is 10.1 Å². The maximum atomic E-state index is 12.0. The lowest BCUT2D eigenvalue weighted by Crippen LogP contribution is -2.84. The maximum Gasteiger partial charge on any atom is 0.281 e. The summed E-state index contributed by atoms with van der Waals surface area (Å²) < 4.78 is 5.22. The summed E-state index contributed by atoms with van der Waals surface area (Å²) in [6.45, 7) is 0.923. The molecule has 0 bridgehead atoms. The molecule has 0 atom stereocenters. The number of quaternary nitrogens is 1. The molecule has 0 radical (unpaired) electrons. The van der Waals surface area contributed by atoms with Crippen LogP contribution in [0.25, 0.3) is 0 Å². The molecule has 0 spiro atoms. The van der Waals surface area contributed by atoms with Gasteiger partial charge in [0.2, 0.25) is 0 Å². The number of anilines is 1. The van der Waals surface area contributed by atoms with Gasteiger partial charge in [0.05, 0.1) is 6.26 Å². The molecule has 130 valence electrons. The minimum absolute atomic E-state index is 0.103. The van der Waals surface area contributed by atoms with Gasteiger partial charge in [-0.25, -0.2) is 4.98 Å². The van der Waals surface area contributed by atoms with Gasteiger partial charge < -0.3 is 9.73 Å². The Morgan fingerprint density at radius 1 is 1.32 bits per heavy atom. The Morgan fingerprint density at radius 3 is 3.00 bits per heavy atom. The Bertz CT molecular complexity index is 849. The Kier molecular flexibility index (Phi) is 6.09. The van der Waals surface area contributed by atoms with E-state index in [1.165, 1.54) is 11.3 Å². The van der Waals surface area contributed by atoms with Gasteiger partial charge >= 0.3 is 0 Å². The third-order valence-electron chi connectivity index (χ3n) is 3.43. The van der Waals surface area contributed by atoms with E-state index in [0.29, 0.717) is 34.7 Å². The van der Waals surface area contributed by atoms with Gasteiger partial charge in [0, 0.05) is 27.5 Å². The van der Waals surface area contributed by atoms with E-state index in [4.69, 9.17) is 27.6 Å². The highest BCUT2D eigenvalue weighted by molar-refractivity contribution is 7.15. The first-order chi connectivity index (χ1) is 12.1. The standard InChI is InChI=1S/C17H15Cl2N3O2S/c18-12-3-4-15(19)11(6-12)7-14-9-21-17(25-14)22-16(23)10-20-8-13-2-1-5-24-13/h1-6,9,20H,7-8,10H2,(H,21,22,23)/p+1. The summed E-state index contributed by atoms with van der Waals surface area (Å²) in [5.41, 5.74) is 0.933. The number of thiazole rings is 1. The van der Waals surface area contributed by atoms with Crippen molar-refractivity contribution in [2.75, 3.05) is 11.9 Å². The lowest BCUT2D eigenvalue weighted by molar-refractivity contribution is -0.661. The van der Waals surface area contributed by atoms with Crippen LogP contribution in [0.2, 0.25) is 10.0 Å². The lowest BCUT2D eigenvalue weighted by Gasteiger charge is -2.02. The number of benzene rings is 1. The van der Waals surface area contributed by atoms with Crippen LogP contribution in [0.5, 0.6) is 0 Å². The molecule has 0 aliphatic carbocycles. The third-order valence-corrected chi connectivity index (χ3v) is 4.94. The molecule has 5 nitrogen and oxygen atoms in total. The van der Waals surface area contributed by atoms with Crippen LogP contribution in [-0.4, -0.2) is 17.4 Å². The van der Waals surface area contributed by atoms with E-state index in [9.17, 15) is 4.79 Å². The molecule has 8 heteroatoms. The van der Waals surface area contributed by atoms with Crippen molar-refractivity contribution in [1.82, 2.24) is 4.98 Å². The number of rotatable bonds is 7. The summed E-state index contributed by atoms with van der Waals surface area (Å²) in [6, 6.07) is 9.07. The number of nitrogens with two attached hydrogens (primary N) is 1. The quantitative estimate of drug-likeness (QED) is 0.643. The lowest BCUT2D eigenvalue weighted by atomic mass is 10.1. The van der Waals surface area contributed by atoms with Gasteiger partial charge in [0.15, 0.2) is 17.4 Å². The molecule has 3 aromatic rings. The van der Waals surface area contributed by atoms with Crippen LogP contribution in [0.4, 0.5) is 5.13 Å². The topological polar surface area (TPSA) is 71.7 Å². The molecule has 0 unspecified atom stereocenters. The zero-order chi connectivity index (χ0) is 17.6. The Morgan fingerprint density at radius 2 is 2.20 bits per heavy atom. The van der Waals surface area contributed by atoms with Crippen molar-refractivity contribution in [2.45, 2.75) is 13.0 Å². The largest absolute Gasteiger partial charge is 0.463 e. The number of furan rings is 1. The van der Waals surface area contributed by atoms with Gasteiger partial charge in [0.25, 0.3) is 5.91 Å². The molecule has 0 aliphatic rings. The summed E-state index contributed by atoms with van der Waals surface area (Å²) >= 11 is 13.6. The van der Waals surface area contributed by atoms with Crippen LogP contribution in [0, 0.1) is 0 Å².